The Labute approximate surface area is 138 Å². The molecule has 3 aromatic rings. The minimum Gasteiger partial charge on any atom is -0.473 e. The summed E-state index contributed by atoms with van der Waals surface area (Å²) in [5.74, 6) is 0.731. The summed E-state index contributed by atoms with van der Waals surface area (Å²) >= 11 is 5.90. The van der Waals surface area contributed by atoms with E-state index in [9.17, 15) is 4.39 Å². The van der Waals surface area contributed by atoms with E-state index in [1.165, 1.54) is 12.1 Å². The van der Waals surface area contributed by atoms with E-state index in [4.69, 9.17) is 16.3 Å². The van der Waals surface area contributed by atoms with Crippen LogP contribution in [0.4, 0.5) is 4.39 Å². The highest BCUT2D eigenvalue weighted by Crippen LogP contribution is 2.21. The molecule has 3 rings (SSSR count). The minimum atomic E-state index is -0.285. The fourth-order valence-corrected chi connectivity index (χ4v) is 2.25. The van der Waals surface area contributed by atoms with Gasteiger partial charge in [0, 0.05) is 22.3 Å². The molecular weight excluding hydrogens is 315 g/mol. The van der Waals surface area contributed by atoms with Gasteiger partial charge < -0.3 is 4.74 Å². The van der Waals surface area contributed by atoms with Gasteiger partial charge in [-0.3, -0.25) is 0 Å². The molecule has 0 bridgehead atoms. The van der Waals surface area contributed by atoms with Gasteiger partial charge in [-0.2, -0.15) is 4.98 Å². The minimum absolute atomic E-state index is 0.244. The topological polar surface area (TPSA) is 35.0 Å². The smallest absolute Gasteiger partial charge is 0.217 e. The van der Waals surface area contributed by atoms with Crippen LogP contribution in [0.5, 0.6) is 5.88 Å². The van der Waals surface area contributed by atoms with Crippen LogP contribution in [0.2, 0.25) is 5.02 Å². The van der Waals surface area contributed by atoms with Crippen LogP contribution in [-0.2, 0) is 6.61 Å². The fourth-order valence-electron chi connectivity index (χ4n) is 2.13. The van der Waals surface area contributed by atoms with Gasteiger partial charge in [0.15, 0.2) is 5.82 Å². The van der Waals surface area contributed by atoms with Crippen LogP contribution in [0.1, 0.15) is 11.3 Å². The Balaban J connectivity index is 1.81. The molecule has 0 saturated carbocycles. The lowest BCUT2D eigenvalue weighted by Gasteiger charge is -2.08. The third-order valence-corrected chi connectivity index (χ3v) is 3.46. The molecule has 1 heterocycles. The van der Waals surface area contributed by atoms with Crippen LogP contribution in [0.25, 0.3) is 11.4 Å². The van der Waals surface area contributed by atoms with Crippen molar-refractivity contribution in [2.45, 2.75) is 13.5 Å². The first kappa shape index (κ1) is 15.4. The number of nitrogens with zero attached hydrogens (tertiary/aromatic N) is 2. The molecule has 0 saturated heterocycles. The monoisotopic (exact) mass is 328 g/mol. The van der Waals surface area contributed by atoms with E-state index in [0.717, 1.165) is 16.8 Å². The van der Waals surface area contributed by atoms with Crippen molar-refractivity contribution in [1.82, 2.24) is 9.97 Å². The number of rotatable bonds is 4. The Hall–Kier alpha value is -2.46. The first-order chi connectivity index (χ1) is 11.1. The summed E-state index contributed by atoms with van der Waals surface area (Å²) < 4.78 is 18.9. The summed E-state index contributed by atoms with van der Waals surface area (Å²) in [6, 6.07) is 15.3. The second kappa shape index (κ2) is 6.75. The van der Waals surface area contributed by atoms with Crippen LogP contribution < -0.4 is 4.74 Å². The fraction of sp³-hybridized carbons (Fsp3) is 0.111. The zero-order valence-corrected chi connectivity index (χ0v) is 13.2. The summed E-state index contributed by atoms with van der Waals surface area (Å²) in [5, 5.41) is 0.656. The lowest BCUT2D eigenvalue weighted by molar-refractivity contribution is 0.293. The van der Waals surface area contributed by atoms with Crippen molar-refractivity contribution < 1.29 is 9.13 Å². The average molecular weight is 329 g/mol. The highest BCUT2D eigenvalue weighted by Gasteiger charge is 2.07. The third-order valence-electron chi connectivity index (χ3n) is 3.21. The van der Waals surface area contributed by atoms with Gasteiger partial charge in [0.05, 0.1) is 0 Å². The van der Waals surface area contributed by atoms with Gasteiger partial charge in [-0.1, -0.05) is 23.7 Å². The van der Waals surface area contributed by atoms with Crippen molar-refractivity contribution in [3.63, 3.8) is 0 Å². The second-order valence-corrected chi connectivity index (χ2v) is 5.53. The van der Waals surface area contributed by atoms with Crippen LogP contribution in [0.15, 0.2) is 54.6 Å². The van der Waals surface area contributed by atoms with Gasteiger partial charge in [0.25, 0.3) is 0 Å². The van der Waals surface area contributed by atoms with Gasteiger partial charge in [0.2, 0.25) is 5.88 Å². The predicted molar refractivity (Wildman–Crippen MR) is 87.9 cm³/mol. The number of benzene rings is 2. The van der Waals surface area contributed by atoms with Crippen molar-refractivity contribution in [3.05, 3.63) is 76.7 Å². The second-order valence-electron chi connectivity index (χ2n) is 5.10. The van der Waals surface area contributed by atoms with Crippen molar-refractivity contribution in [2.75, 3.05) is 0 Å². The van der Waals surface area contributed by atoms with Gasteiger partial charge in [-0.15, -0.1) is 0 Å². The van der Waals surface area contributed by atoms with E-state index in [0.29, 0.717) is 16.7 Å². The number of ether oxygens (including phenoxy) is 1. The van der Waals surface area contributed by atoms with E-state index >= 15 is 0 Å². The lowest BCUT2D eigenvalue weighted by atomic mass is 10.2. The summed E-state index contributed by atoms with van der Waals surface area (Å²) in [6.07, 6.45) is 0. The molecule has 0 N–H and O–H groups in total. The Morgan fingerprint density at radius 1 is 1.04 bits per heavy atom. The molecule has 5 heteroatoms. The molecule has 116 valence electrons. The molecule has 0 amide bonds. The Morgan fingerprint density at radius 3 is 2.57 bits per heavy atom. The number of aryl methyl sites for hydroxylation is 1. The van der Waals surface area contributed by atoms with Crippen LogP contribution in [-0.4, -0.2) is 9.97 Å². The predicted octanol–water partition coefficient (Wildman–Crippen LogP) is 4.82. The zero-order chi connectivity index (χ0) is 16.2. The normalized spacial score (nSPS) is 10.6. The van der Waals surface area contributed by atoms with Crippen LogP contribution in [0, 0.1) is 12.7 Å². The molecule has 0 atom stereocenters. The van der Waals surface area contributed by atoms with Crippen molar-refractivity contribution in [2.24, 2.45) is 0 Å². The van der Waals surface area contributed by atoms with E-state index in [1.54, 1.807) is 30.3 Å². The molecule has 0 fully saturated rings. The molecule has 0 aliphatic rings. The highest BCUT2D eigenvalue weighted by atomic mass is 35.5. The molecule has 3 nitrogen and oxygen atoms in total. The Bertz CT molecular complexity index is 822. The molecule has 0 spiro atoms. The quantitative estimate of drug-likeness (QED) is 0.688. The first-order valence-corrected chi connectivity index (χ1v) is 7.47. The van der Waals surface area contributed by atoms with E-state index < -0.39 is 0 Å². The van der Waals surface area contributed by atoms with E-state index in [1.807, 2.05) is 19.1 Å². The maximum absolute atomic E-state index is 13.2. The van der Waals surface area contributed by atoms with Crippen molar-refractivity contribution in [1.29, 1.82) is 0 Å². The summed E-state index contributed by atoms with van der Waals surface area (Å²) in [6.45, 7) is 2.12. The SMILES string of the molecule is Cc1cc(OCc2cccc(F)c2)nc(-c2ccc(Cl)cc2)n1. The average Bonchev–Trinajstić information content (AvgIpc) is 2.53. The molecule has 2 aromatic carbocycles. The van der Waals surface area contributed by atoms with Gasteiger partial charge >= 0.3 is 0 Å². The van der Waals surface area contributed by atoms with Crippen LogP contribution >= 0.6 is 11.6 Å². The number of halogens is 2. The Kier molecular flexibility index (Phi) is 4.53. The standard InChI is InChI=1S/C18H14ClFN2O/c1-12-9-17(23-11-13-3-2-4-16(20)10-13)22-18(21-12)14-5-7-15(19)8-6-14/h2-10H,11H2,1H3. The van der Waals surface area contributed by atoms with Crippen molar-refractivity contribution in [3.8, 4) is 17.3 Å². The summed E-state index contributed by atoms with van der Waals surface area (Å²) in [7, 11) is 0. The van der Waals surface area contributed by atoms with E-state index in [-0.39, 0.29) is 12.4 Å². The molecule has 0 radical (unpaired) electrons. The largest absolute Gasteiger partial charge is 0.473 e. The van der Waals surface area contributed by atoms with Crippen LogP contribution in [0.3, 0.4) is 0 Å². The van der Waals surface area contributed by atoms with Gasteiger partial charge in [-0.05, 0) is 48.9 Å². The molecule has 1 aromatic heterocycles. The van der Waals surface area contributed by atoms with Gasteiger partial charge in [0.1, 0.15) is 12.4 Å². The molecule has 0 aliphatic carbocycles. The van der Waals surface area contributed by atoms with Gasteiger partial charge in [-0.25, -0.2) is 9.37 Å². The van der Waals surface area contributed by atoms with Crippen molar-refractivity contribution >= 4 is 11.6 Å². The lowest BCUT2D eigenvalue weighted by Crippen LogP contribution is -2.01. The number of hydrogen-bond donors (Lipinski definition) is 0. The molecule has 0 unspecified atom stereocenters. The summed E-state index contributed by atoms with van der Waals surface area (Å²) in [5.41, 5.74) is 2.39. The number of aromatic nitrogens is 2. The highest BCUT2D eigenvalue weighted by molar-refractivity contribution is 6.30. The zero-order valence-electron chi connectivity index (χ0n) is 12.5. The first-order valence-electron chi connectivity index (χ1n) is 7.09. The molecular formula is C18H14ClFN2O. The number of hydrogen-bond acceptors (Lipinski definition) is 3. The maximum atomic E-state index is 13.2. The molecule has 0 aliphatic heterocycles. The third kappa shape index (κ3) is 4.05. The molecule has 23 heavy (non-hydrogen) atoms. The maximum Gasteiger partial charge on any atom is 0.217 e. The van der Waals surface area contributed by atoms with E-state index in [2.05, 4.69) is 9.97 Å². The summed E-state index contributed by atoms with van der Waals surface area (Å²) in [4.78, 5) is 8.81. The Morgan fingerprint density at radius 2 is 1.83 bits per heavy atom.